The zero-order chi connectivity index (χ0) is 22.6. The number of nitrogens with one attached hydrogen (secondary N) is 2. The predicted octanol–water partition coefficient (Wildman–Crippen LogP) is 6.57. The number of nitrogens with zero attached hydrogens (tertiary/aromatic N) is 2. The first-order chi connectivity index (χ1) is 14.6. The zero-order valence-corrected chi connectivity index (χ0v) is 20.3. The Kier molecular flexibility index (Phi) is 6.88. The minimum absolute atomic E-state index is 0.0203. The summed E-state index contributed by atoms with van der Waals surface area (Å²) >= 11 is 0. The smallest absolute Gasteiger partial charge is 0.169 e. The summed E-state index contributed by atoms with van der Waals surface area (Å²) in [6.45, 7) is 17.1. The van der Waals surface area contributed by atoms with Crippen LogP contribution in [-0.4, -0.2) is 24.8 Å². The van der Waals surface area contributed by atoms with E-state index in [2.05, 4.69) is 102 Å². The van der Waals surface area contributed by atoms with Gasteiger partial charge in [-0.2, -0.15) is 0 Å². The summed E-state index contributed by atoms with van der Waals surface area (Å²) in [4.78, 5) is 9.58. The zero-order valence-electron chi connectivity index (χ0n) is 20.3. The maximum Gasteiger partial charge on any atom is 0.169 e. The molecule has 0 bridgehead atoms. The molecule has 2 N–H and O–H groups in total. The minimum Gasteiger partial charge on any atom is -0.337 e. The molecule has 0 aliphatic carbocycles. The van der Waals surface area contributed by atoms with Crippen LogP contribution in [0.4, 0.5) is 11.4 Å². The Balaban J connectivity index is 1.94. The van der Waals surface area contributed by atoms with Gasteiger partial charge in [-0.05, 0) is 46.1 Å². The van der Waals surface area contributed by atoms with E-state index in [1.165, 1.54) is 16.7 Å². The molecular weight excluding hydrogens is 380 g/mol. The molecule has 0 fully saturated rings. The molecule has 3 rings (SSSR count). The van der Waals surface area contributed by atoms with Gasteiger partial charge in [0.25, 0.3) is 0 Å². The lowest BCUT2D eigenvalue weighted by molar-refractivity contribution is 0.579. The van der Waals surface area contributed by atoms with Crippen LogP contribution in [0, 0.1) is 0 Å². The van der Waals surface area contributed by atoms with Crippen molar-refractivity contribution in [2.75, 3.05) is 23.7 Å². The summed E-state index contributed by atoms with van der Waals surface area (Å²) in [6, 6.07) is 15.3. The summed E-state index contributed by atoms with van der Waals surface area (Å²) in [5.74, 6) is 1.63. The Morgan fingerprint density at radius 1 is 0.774 bits per heavy atom. The topological polar surface area (TPSA) is 48.8 Å². The largest absolute Gasteiger partial charge is 0.337 e. The lowest BCUT2D eigenvalue weighted by Crippen LogP contribution is -2.34. The molecule has 1 aliphatic heterocycles. The third-order valence-electron chi connectivity index (χ3n) is 5.60. The van der Waals surface area contributed by atoms with E-state index in [1.807, 2.05) is 0 Å². The SMILES string of the molecule is CCCc1ccccc1NC1=NCCN=C1Nc1cc(C(C)(C)C)ccc1C(C)(C)C. The standard InChI is InChI=1S/C27H38N4/c1-8-11-19-12-9-10-13-22(19)30-24-25(29-17-16-28-24)31-23-18-20(26(2,3)4)14-15-21(23)27(5,6)7/h9-10,12-15,18H,8,11,16-17H2,1-7H3,(H,28,30)(H,29,31). The second-order valence-corrected chi connectivity index (χ2v) is 10.4. The first kappa shape index (κ1) is 23.1. The van der Waals surface area contributed by atoms with Crippen molar-refractivity contribution >= 4 is 23.0 Å². The van der Waals surface area contributed by atoms with Crippen LogP contribution < -0.4 is 10.6 Å². The van der Waals surface area contributed by atoms with Gasteiger partial charge in [-0.1, -0.05) is 85.2 Å². The summed E-state index contributed by atoms with van der Waals surface area (Å²) in [7, 11) is 0. The van der Waals surface area contributed by atoms with Gasteiger partial charge >= 0.3 is 0 Å². The van der Waals surface area contributed by atoms with Crippen LogP contribution in [0.5, 0.6) is 0 Å². The van der Waals surface area contributed by atoms with Crippen molar-refractivity contribution in [3.05, 3.63) is 59.2 Å². The van der Waals surface area contributed by atoms with E-state index in [9.17, 15) is 0 Å². The van der Waals surface area contributed by atoms with Crippen molar-refractivity contribution in [3.63, 3.8) is 0 Å². The Morgan fingerprint density at radius 2 is 1.39 bits per heavy atom. The van der Waals surface area contributed by atoms with Crippen LogP contribution in [-0.2, 0) is 17.3 Å². The molecule has 2 aromatic carbocycles. The van der Waals surface area contributed by atoms with E-state index in [4.69, 9.17) is 9.98 Å². The van der Waals surface area contributed by atoms with Gasteiger partial charge < -0.3 is 10.6 Å². The maximum atomic E-state index is 4.81. The van der Waals surface area contributed by atoms with Crippen LogP contribution in [0.2, 0.25) is 0 Å². The second kappa shape index (κ2) is 9.25. The van der Waals surface area contributed by atoms with Gasteiger partial charge in [0.15, 0.2) is 11.7 Å². The van der Waals surface area contributed by atoms with Crippen LogP contribution in [0.25, 0.3) is 0 Å². The molecule has 2 aromatic rings. The average Bonchev–Trinajstić information content (AvgIpc) is 2.69. The third-order valence-corrected chi connectivity index (χ3v) is 5.60. The lowest BCUT2D eigenvalue weighted by atomic mass is 9.81. The van der Waals surface area contributed by atoms with Crippen molar-refractivity contribution in [3.8, 4) is 0 Å². The fraction of sp³-hybridized carbons (Fsp3) is 0.481. The van der Waals surface area contributed by atoms with Gasteiger partial charge in [0.1, 0.15) is 0 Å². The minimum atomic E-state index is 0.0203. The molecule has 4 heteroatoms. The molecule has 0 unspecified atom stereocenters. The number of amidine groups is 2. The van der Waals surface area contributed by atoms with Crippen molar-refractivity contribution in [2.24, 2.45) is 9.98 Å². The quantitative estimate of drug-likeness (QED) is 0.590. The summed E-state index contributed by atoms with van der Waals surface area (Å²) < 4.78 is 0. The second-order valence-electron chi connectivity index (χ2n) is 10.4. The molecule has 0 saturated carbocycles. The number of benzene rings is 2. The van der Waals surface area contributed by atoms with E-state index in [-0.39, 0.29) is 10.8 Å². The van der Waals surface area contributed by atoms with Crippen LogP contribution in [0.1, 0.15) is 71.6 Å². The summed E-state index contributed by atoms with van der Waals surface area (Å²) in [5, 5.41) is 7.21. The maximum absolute atomic E-state index is 4.81. The molecule has 0 radical (unpaired) electrons. The first-order valence-electron chi connectivity index (χ1n) is 11.5. The number of rotatable bonds is 4. The summed E-state index contributed by atoms with van der Waals surface area (Å²) in [6.07, 6.45) is 2.15. The van der Waals surface area contributed by atoms with Crippen LogP contribution in [0.3, 0.4) is 0 Å². The number of anilines is 2. The van der Waals surface area contributed by atoms with E-state index in [0.29, 0.717) is 13.1 Å². The fourth-order valence-corrected chi connectivity index (χ4v) is 3.82. The Morgan fingerprint density at radius 3 is 1.97 bits per heavy atom. The van der Waals surface area contributed by atoms with Crippen LogP contribution >= 0.6 is 0 Å². The molecule has 1 aliphatic rings. The highest BCUT2D eigenvalue weighted by Gasteiger charge is 2.24. The van der Waals surface area contributed by atoms with Gasteiger partial charge in [0, 0.05) is 11.4 Å². The average molecular weight is 419 g/mol. The van der Waals surface area contributed by atoms with E-state index in [1.54, 1.807) is 0 Å². The number of hydrogen-bond acceptors (Lipinski definition) is 4. The molecule has 0 atom stereocenters. The van der Waals surface area contributed by atoms with Crippen molar-refractivity contribution in [2.45, 2.75) is 72.1 Å². The molecular formula is C27H38N4. The highest BCUT2D eigenvalue weighted by atomic mass is 15.1. The van der Waals surface area contributed by atoms with E-state index < -0.39 is 0 Å². The number of aryl methyl sites for hydroxylation is 1. The molecule has 0 spiro atoms. The van der Waals surface area contributed by atoms with E-state index in [0.717, 1.165) is 35.9 Å². The monoisotopic (exact) mass is 418 g/mol. The number of aliphatic imine (C=N–C) groups is 2. The number of hydrogen-bond donors (Lipinski definition) is 2. The molecule has 1 heterocycles. The molecule has 31 heavy (non-hydrogen) atoms. The van der Waals surface area contributed by atoms with Gasteiger partial charge in [0.2, 0.25) is 0 Å². The Bertz CT molecular complexity index is 971. The van der Waals surface area contributed by atoms with Gasteiger partial charge in [-0.25, -0.2) is 0 Å². The van der Waals surface area contributed by atoms with Crippen molar-refractivity contribution < 1.29 is 0 Å². The molecule has 166 valence electrons. The van der Waals surface area contributed by atoms with E-state index >= 15 is 0 Å². The Hall–Kier alpha value is -2.62. The normalized spacial score (nSPS) is 14.7. The van der Waals surface area contributed by atoms with Gasteiger partial charge in [0.05, 0.1) is 13.1 Å². The molecule has 0 amide bonds. The molecule has 0 aromatic heterocycles. The third kappa shape index (κ3) is 5.75. The van der Waals surface area contributed by atoms with Crippen LogP contribution in [0.15, 0.2) is 52.4 Å². The fourth-order valence-electron chi connectivity index (χ4n) is 3.82. The highest BCUT2D eigenvalue weighted by Crippen LogP contribution is 2.34. The Labute approximate surface area is 188 Å². The first-order valence-corrected chi connectivity index (χ1v) is 11.5. The van der Waals surface area contributed by atoms with Crippen molar-refractivity contribution in [1.82, 2.24) is 0 Å². The van der Waals surface area contributed by atoms with Gasteiger partial charge in [-0.3, -0.25) is 9.98 Å². The highest BCUT2D eigenvalue weighted by molar-refractivity contribution is 6.48. The summed E-state index contributed by atoms with van der Waals surface area (Å²) in [5.41, 5.74) is 6.21. The lowest BCUT2D eigenvalue weighted by Gasteiger charge is -2.28. The number of para-hydroxylation sites is 1. The predicted molar refractivity (Wildman–Crippen MR) is 136 cm³/mol. The van der Waals surface area contributed by atoms with Gasteiger partial charge in [-0.15, -0.1) is 0 Å². The van der Waals surface area contributed by atoms with Crippen molar-refractivity contribution in [1.29, 1.82) is 0 Å². The molecule has 0 saturated heterocycles. The molecule has 4 nitrogen and oxygen atoms in total.